The molecule has 3 heterocycles. The zero-order valence-corrected chi connectivity index (χ0v) is 21.6. The fraction of sp³-hybridized carbons (Fsp3) is 0.259. The summed E-state index contributed by atoms with van der Waals surface area (Å²) in [5, 5.41) is 20.0. The number of halogens is 4. The Morgan fingerprint density at radius 1 is 1.20 bits per heavy atom. The lowest BCUT2D eigenvalue weighted by Crippen LogP contribution is -2.52. The number of carbonyl (C=O) groups excluding carboxylic acids is 2. The summed E-state index contributed by atoms with van der Waals surface area (Å²) in [6.07, 6.45) is -5.36. The highest BCUT2D eigenvalue weighted by atomic mass is 19.4. The fourth-order valence-corrected chi connectivity index (χ4v) is 4.53. The summed E-state index contributed by atoms with van der Waals surface area (Å²) in [5.41, 5.74) is -0.539. The zero-order valence-electron chi connectivity index (χ0n) is 21.6. The van der Waals surface area contributed by atoms with Crippen molar-refractivity contribution in [1.82, 2.24) is 20.5 Å². The minimum atomic E-state index is -5.36. The molecule has 1 aliphatic rings. The number of methoxy groups -OCH3 is 1. The molecule has 0 bridgehead atoms. The number of pyridine rings is 1. The molecule has 5 N–H and O–H groups in total. The first-order chi connectivity index (χ1) is 19.3. The van der Waals surface area contributed by atoms with Crippen molar-refractivity contribution < 1.29 is 41.7 Å². The predicted molar refractivity (Wildman–Crippen MR) is 137 cm³/mol. The summed E-state index contributed by atoms with van der Waals surface area (Å²) in [4.78, 5) is 29.3. The third-order valence-corrected chi connectivity index (χ3v) is 7.12. The van der Waals surface area contributed by atoms with Gasteiger partial charge in [0.15, 0.2) is 5.69 Å². The minimum Gasteiger partial charge on any atom is -0.497 e. The molecule has 2 aromatic heterocycles. The molecule has 0 radical (unpaired) electrons. The van der Waals surface area contributed by atoms with Crippen molar-refractivity contribution in [1.29, 1.82) is 0 Å². The SMILES string of the molecule is COc1ccc2c(C(=O)NCC(O)(c3cc4c(c(-c5ccc(F)cc5)n3)OC[C@]4(C)C(N)=O)C(F)(F)F)n[nH]c2c1. The number of rotatable bonds is 7. The van der Waals surface area contributed by atoms with Gasteiger partial charge in [-0.1, -0.05) is 0 Å². The Bertz CT molecular complexity index is 1670. The maximum absolute atomic E-state index is 14.6. The lowest BCUT2D eigenvalue weighted by molar-refractivity contribution is -0.265. The average molecular weight is 574 g/mol. The van der Waals surface area contributed by atoms with Crippen molar-refractivity contribution in [3.63, 3.8) is 0 Å². The van der Waals surface area contributed by atoms with Gasteiger partial charge in [0.2, 0.25) is 11.5 Å². The number of benzene rings is 2. The molecular formula is C27H23F4N5O5. The molecule has 2 aromatic carbocycles. The van der Waals surface area contributed by atoms with Crippen molar-refractivity contribution in [2.45, 2.75) is 24.1 Å². The third-order valence-electron chi connectivity index (χ3n) is 7.12. The molecule has 2 atom stereocenters. The van der Waals surface area contributed by atoms with Gasteiger partial charge >= 0.3 is 6.18 Å². The van der Waals surface area contributed by atoms with Crippen molar-refractivity contribution >= 4 is 22.7 Å². The van der Waals surface area contributed by atoms with E-state index in [0.29, 0.717) is 16.7 Å². The number of aromatic nitrogens is 3. The number of H-pyrrole nitrogens is 1. The number of carbonyl (C=O) groups is 2. The number of primary amides is 1. The highest BCUT2D eigenvalue weighted by Crippen LogP contribution is 2.47. The highest BCUT2D eigenvalue weighted by molar-refractivity contribution is 6.05. The van der Waals surface area contributed by atoms with E-state index in [1.165, 1.54) is 32.2 Å². The van der Waals surface area contributed by atoms with Crippen LogP contribution < -0.4 is 20.5 Å². The Morgan fingerprint density at radius 2 is 1.90 bits per heavy atom. The number of nitrogens with two attached hydrogens (primary N) is 1. The summed E-state index contributed by atoms with van der Waals surface area (Å²) in [6.45, 7) is -0.274. The van der Waals surface area contributed by atoms with Crippen LogP contribution in [0.5, 0.6) is 11.5 Å². The number of aromatic amines is 1. The molecule has 0 fully saturated rings. The highest BCUT2D eigenvalue weighted by Gasteiger charge is 2.57. The van der Waals surface area contributed by atoms with Crippen molar-refractivity contribution in [3.8, 4) is 22.8 Å². The third kappa shape index (κ3) is 4.59. The number of fused-ring (bicyclic) bond motifs is 2. The average Bonchev–Trinajstić information content (AvgIpc) is 3.52. The quantitative estimate of drug-likeness (QED) is 0.248. The largest absolute Gasteiger partial charge is 0.497 e. The lowest BCUT2D eigenvalue weighted by atomic mass is 9.81. The molecule has 10 nitrogen and oxygen atoms in total. The van der Waals surface area contributed by atoms with Crippen molar-refractivity contribution in [2.24, 2.45) is 5.73 Å². The van der Waals surface area contributed by atoms with E-state index in [2.05, 4.69) is 20.5 Å². The van der Waals surface area contributed by atoms with Crippen LogP contribution in [-0.4, -0.2) is 58.5 Å². The number of amides is 2. The molecule has 0 aliphatic carbocycles. The molecule has 0 spiro atoms. The van der Waals surface area contributed by atoms with Crippen LogP contribution >= 0.6 is 0 Å². The van der Waals surface area contributed by atoms with Gasteiger partial charge in [0.25, 0.3) is 5.91 Å². The monoisotopic (exact) mass is 573 g/mol. The molecule has 214 valence electrons. The molecule has 1 aliphatic heterocycles. The zero-order chi connectivity index (χ0) is 29.7. The van der Waals surface area contributed by atoms with E-state index in [-0.39, 0.29) is 34.9 Å². The maximum Gasteiger partial charge on any atom is 0.424 e. The van der Waals surface area contributed by atoms with Crippen LogP contribution in [0.3, 0.4) is 0 Å². The van der Waals surface area contributed by atoms with E-state index in [0.717, 1.165) is 18.2 Å². The van der Waals surface area contributed by atoms with Crippen molar-refractivity contribution in [3.05, 3.63) is 71.3 Å². The van der Waals surface area contributed by atoms with Gasteiger partial charge in [-0.25, -0.2) is 9.37 Å². The van der Waals surface area contributed by atoms with Crippen LogP contribution in [0.25, 0.3) is 22.2 Å². The van der Waals surface area contributed by atoms with Crippen LogP contribution in [0.15, 0.2) is 48.5 Å². The van der Waals surface area contributed by atoms with E-state index in [4.69, 9.17) is 15.2 Å². The first-order valence-electron chi connectivity index (χ1n) is 12.1. The number of nitrogens with one attached hydrogen (secondary N) is 2. The summed E-state index contributed by atoms with van der Waals surface area (Å²) >= 11 is 0. The molecule has 4 aromatic rings. The van der Waals surface area contributed by atoms with Gasteiger partial charge in [-0.05, 0) is 49.4 Å². The van der Waals surface area contributed by atoms with Gasteiger partial charge in [-0.15, -0.1) is 0 Å². The molecule has 14 heteroatoms. The fourth-order valence-electron chi connectivity index (χ4n) is 4.53. The van der Waals surface area contributed by atoms with Gasteiger partial charge in [0.1, 0.15) is 35.0 Å². The first-order valence-corrected chi connectivity index (χ1v) is 12.1. The van der Waals surface area contributed by atoms with E-state index < -0.39 is 47.1 Å². The lowest BCUT2D eigenvalue weighted by Gasteiger charge is -2.31. The van der Waals surface area contributed by atoms with E-state index in [9.17, 15) is 32.3 Å². The summed E-state index contributed by atoms with van der Waals surface area (Å²) < 4.78 is 68.0. The second kappa shape index (κ2) is 9.73. The number of nitrogens with zero attached hydrogens (tertiary/aromatic N) is 2. The van der Waals surface area contributed by atoms with Crippen LogP contribution in [0, 0.1) is 5.82 Å². The van der Waals surface area contributed by atoms with Crippen LogP contribution in [0.1, 0.15) is 28.7 Å². The Morgan fingerprint density at radius 3 is 2.54 bits per heavy atom. The molecule has 5 rings (SSSR count). The second-order valence-corrected chi connectivity index (χ2v) is 9.75. The van der Waals surface area contributed by atoms with Gasteiger partial charge in [0.05, 0.1) is 24.9 Å². The van der Waals surface area contributed by atoms with Gasteiger partial charge in [-0.2, -0.15) is 18.3 Å². The molecule has 0 saturated heterocycles. The maximum atomic E-state index is 14.6. The standard InChI is InChI=1S/C27H23F4N5O5/c1-25(24(32)38)12-41-22-17(25)10-19(34-20(22)13-3-5-14(28)6-4-13)26(39,27(29,30)31)11-33-23(37)21-16-8-7-15(40-2)9-18(16)35-36-21/h3-10,39H,11-12H2,1-2H3,(H2,32,38)(H,33,37)(H,35,36)/t25-,26?/m0/s1. The molecule has 0 saturated carbocycles. The number of ether oxygens (including phenoxy) is 2. The van der Waals surface area contributed by atoms with Gasteiger partial charge in [0, 0.05) is 22.6 Å². The smallest absolute Gasteiger partial charge is 0.424 e. The van der Waals surface area contributed by atoms with E-state index in [1.807, 2.05) is 0 Å². The topological polar surface area (TPSA) is 152 Å². The van der Waals surface area contributed by atoms with E-state index in [1.54, 1.807) is 12.1 Å². The minimum absolute atomic E-state index is 0.0337. The molecule has 2 amide bonds. The number of hydrogen-bond acceptors (Lipinski definition) is 7. The number of hydrogen-bond donors (Lipinski definition) is 4. The van der Waals surface area contributed by atoms with Crippen LogP contribution in [0.2, 0.25) is 0 Å². The molecule has 41 heavy (non-hydrogen) atoms. The Kier molecular flexibility index (Phi) is 6.60. The van der Waals surface area contributed by atoms with E-state index >= 15 is 0 Å². The molecule has 1 unspecified atom stereocenters. The van der Waals surface area contributed by atoms with Gasteiger partial charge < -0.3 is 25.6 Å². The van der Waals surface area contributed by atoms with Crippen LogP contribution in [0.4, 0.5) is 17.6 Å². The predicted octanol–water partition coefficient (Wildman–Crippen LogP) is 3.09. The Labute approximate surface area is 229 Å². The van der Waals surface area contributed by atoms with Crippen molar-refractivity contribution in [2.75, 3.05) is 20.3 Å². The summed E-state index contributed by atoms with van der Waals surface area (Å²) in [7, 11) is 1.44. The second-order valence-electron chi connectivity index (χ2n) is 9.75. The molecular weight excluding hydrogens is 550 g/mol. The number of alkyl halides is 3. The summed E-state index contributed by atoms with van der Waals surface area (Å²) in [6, 6.07) is 10.1. The Balaban J connectivity index is 1.58. The van der Waals surface area contributed by atoms with Crippen LogP contribution in [-0.2, 0) is 15.8 Å². The number of aliphatic hydroxyl groups is 1. The van der Waals surface area contributed by atoms with Gasteiger partial charge in [-0.3, -0.25) is 14.7 Å². The Hall–Kier alpha value is -4.72. The first kappa shape index (κ1) is 27.8. The summed E-state index contributed by atoms with van der Waals surface area (Å²) in [5.74, 6) is -2.07. The normalized spacial score (nSPS) is 17.9.